The fourth-order valence-corrected chi connectivity index (χ4v) is 3.01. The van der Waals surface area contributed by atoms with Gasteiger partial charge in [-0.15, -0.1) is 0 Å². The highest BCUT2D eigenvalue weighted by molar-refractivity contribution is 14.1. The molecule has 25 heavy (non-hydrogen) atoms. The van der Waals surface area contributed by atoms with Crippen molar-refractivity contribution in [3.05, 3.63) is 66.5 Å². The number of aromatic amines is 1. The molecule has 7 nitrogen and oxygen atoms in total. The van der Waals surface area contributed by atoms with Crippen molar-refractivity contribution in [1.82, 2.24) is 9.55 Å². The van der Waals surface area contributed by atoms with Crippen molar-refractivity contribution in [2.45, 2.75) is 24.4 Å². The summed E-state index contributed by atoms with van der Waals surface area (Å²) in [6.45, 7) is -0.410. The third-order valence-electron chi connectivity index (χ3n) is 3.90. The number of nitrogens with zero attached hydrogens (tertiary/aromatic N) is 1. The third kappa shape index (κ3) is 3.69. The minimum absolute atomic E-state index is 0.0124. The van der Waals surface area contributed by atoms with Crippen molar-refractivity contribution in [3.8, 4) is 11.8 Å². The number of hydrogen-bond donors (Lipinski definition) is 3. The standard InChI is InChI=1S/C17H15IN2O5/c18-12-3-1-11(2-4-12)5-7-17(9-13(22)14(10-21)25-17)20-8-6-15(23)19-16(20)24/h1-4,6,8,13-14,21-22H,9-10H2,(H,19,23,24)/t13-,14+,17+/m0/s1. The monoisotopic (exact) mass is 454 g/mol. The zero-order chi connectivity index (χ0) is 18.0. The zero-order valence-corrected chi connectivity index (χ0v) is 15.1. The van der Waals surface area contributed by atoms with Crippen LogP contribution in [0.25, 0.3) is 0 Å². The lowest BCUT2D eigenvalue weighted by Gasteiger charge is -2.25. The summed E-state index contributed by atoms with van der Waals surface area (Å²) in [6, 6.07) is 8.62. The molecule has 0 saturated carbocycles. The van der Waals surface area contributed by atoms with Gasteiger partial charge < -0.3 is 14.9 Å². The molecule has 2 aromatic rings. The first-order valence-corrected chi connectivity index (χ1v) is 8.59. The number of aliphatic hydroxyl groups is 2. The van der Waals surface area contributed by atoms with Crippen LogP contribution in [0.3, 0.4) is 0 Å². The molecule has 8 heteroatoms. The van der Waals surface area contributed by atoms with E-state index in [2.05, 4.69) is 39.4 Å². The fraction of sp³-hybridized carbons (Fsp3) is 0.294. The molecule has 1 aromatic carbocycles. The Hall–Kier alpha value is -1.93. The van der Waals surface area contributed by atoms with Crippen LogP contribution in [0.4, 0.5) is 0 Å². The van der Waals surface area contributed by atoms with E-state index in [9.17, 15) is 19.8 Å². The molecule has 0 amide bonds. The maximum atomic E-state index is 12.2. The fourth-order valence-electron chi connectivity index (χ4n) is 2.65. The van der Waals surface area contributed by atoms with Crippen LogP contribution in [0.15, 0.2) is 46.1 Å². The molecule has 3 atom stereocenters. The summed E-state index contributed by atoms with van der Waals surface area (Å²) in [5.41, 5.74) is -2.01. The van der Waals surface area contributed by atoms with Crippen LogP contribution < -0.4 is 11.2 Å². The molecule has 0 spiro atoms. The SMILES string of the molecule is O=c1ccn([C@@]2(C#Cc3ccc(I)cc3)C[C@H](O)[C@@H](CO)O2)c(=O)[nH]1. The second kappa shape index (κ2) is 7.13. The van der Waals surface area contributed by atoms with Crippen LogP contribution in [0.2, 0.25) is 0 Å². The molecule has 0 unspecified atom stereocenters. The molecular weight excluding hydrogens is 439 g/mol. The highest BCUT2D eigenvalue weighted by Gasteiger charge is 2.47. The summed E-state index contributed by atoms with van der Waals surface area (Å²) in [6.07, 6.45) is -0.600. The van der Waals surface area contributed by atoms with Crippen LogP contribution in [0, 0.1) is 15.4 Å². The zero-order valence-electron chi connectivity index (χ0n) is 13.0. The number of benzene rings is 1. The molecular formula is C17H15IN2O5. The number of H-pyrrole nitrogens is 1. The van der Waals surface area contributed by atoms with E-state index >= 15 is 0 Å². The Morgan fingerprint density at radius 2 is 2.04 bits per heavy atom. The van der Waals surface area contributed by atoms with Gasteiger partial charge in [-0.1, -0.05) is 5.92 Å². The quantitative estimate of drug-likeness (QED) is 0.438. The van der Waals surface area contributed by atoms with Crippen molar-refractivity contribution in [3.63, 3.8) is 0 Å². The molecule has 130 valence electrons. The van der Waals surface area contributed by atoms with Gasteiger partial charge in [0, 0.05) is 27.8 Å². The number of ether oxygens (including phenoxy) is 1. The summed E-state index contributed by atoms with van der Waals surface area (Å²) in [5.74, 6) is 5.83. The smallest absolute Gasteiger partial charge is 0.331 e. The number of halogens is 1. The normalized spacial score (nSPS) is 25.4. The van der Waals surface area contributed by atoms with Gasteiger partial charge in [-0.3, -0.25) is 14.3 Å². The number of nitrogens with one attached hydrogen (secondary N) is 1. The molecule has 0 radical (unpaired) electrons. The van der Waals surface area contributed by atoms with E-state index < -0.39 is 35.8 Å². The second-order valence-electron chi connectivity index (χ2n) is 5.63. The summed E-state index contributed by atoms with van der Waals surface area (Å²) >= 11 is 2.18. The molecule has 2 heterocycles. The third-order valence-corrected chi connectivity index (χ3v) is 4.62. The van der Waals surface area contributed by atoms with Crippen LogP contribution in [-0.4, -0.2) is 38.6 Å². The van der Waals surface area contributed by atoms with Crippen LogP contribution in [0.1, 0.15) is 12.0 Å². The first-order valence-electron chi connectivity index (χ1n) is 7.51. The molecule has 1 aliphatic rings. The van der Waals surface area contributed by atoms with Crippen LogP contribution in [0.5, 0.6) is 0 Å². The van der Waals surface area contributed by atoms with E-state index in [4.69, 9.17) is 4.74 Å². The topological polar surface area (TPSA) is 105 Å². The van der Waals surface area contributed by atoms with E-state index in [1.165, 1.54) is 12.3 Å². The summed E-state index contributed by atoms with van der Waals surface area (Å²) < 4.78 is 7.92. The first-order chi connectivity index (χ1) is 11.9. The van der Waals surface area contributed by atoms with Crippen molar-refractivity contribution < 1.29 is 14.9 Å². The van der Waals surface area contributed by atoms with Gasteiger partial charge in [0.2, 0.25) is 5.72 Å². The van der Waals surface area contributed by atoms with E-state index in [0.29, 0.717) is 5.56 Å². The highest BCUT2D eigenvalue weighted by atomic mass is 127. The lowest BCUT2D eigenvalue weighted by atomic mass is 10.1. The van der Waals surface area contributed by atoms with Gasteiger partial charge in [-0.05, 0) is 52.8 Å². The Labute approximate surface area is 156 Å². The number of aliphatic hydroxyl groups excluding tert-OH is 2. The predicted molar refractivity (Wildman–Crippen MR) is 97.9 cm³/mol. The molecule has 3 N–H and O–H groups in total. The van der Waals surface area contributed by atoms with E-state index in [-0.39, 0.29) is 6.42 Å². The average Bonchev–Trinajstić information content (AvgIpc) is 2.91. The largest absolute Gasteiger partial charge is 0.394 e. The summed E-state index contributed by atoms with van der Waals surface area (Å²) in [5, 5.41) is 19.5. The van der Waals surface area contributed by atoms with Crippen molar-refractivity contribution in [2.75, 3.05) is 6.61 Å². The molecule has 1 aliphatic heterocycles. The first kappa shape index (κ1) is 17.9. The lowest BCUT2D eigenvalue weighted by molar-refractivity contribution is -0.0836. The molecule has 1 saturated heterocycles. The Bertz CT molecular complexity index is 940. The molecule has 0 bridgehead atoms. The minimum atomic E-state index is -1.48. The van der Waals surface area contributed by atoms with Crippen LogP contribution >= 0.6 is 22.6 Å². The van der Waals surface area contributed by atoms with Gasteiger partial charge in [0.1, 0.15) is 6.10 Å². The Morgan fingerprint density at radius 1 is 1.32 bits per heavy atom. The average molecular weight is 454 g/mol. The van der Waals surface area contributed by atoms with Crippen molar-refractivity contribution in [2.24, 2.45) is 0 Å². The van der Waals surface area contributed by atoms with E-state index in [1.54, 1.807) is 0 Å². The van der Waals surface area contributed by atoms with Crippen molar-refractivity contribution >= 4 is 22.6 Å². The maximum Gasteiger partial charge on any atom is 0.331 e. The molecule has 3 rings (SSSR count). The molecule has 1 aromatic heterocycles. The Kier molecular flexibility index (Phi) is 5.10. The van der Waals surface area contributed by atoms with Gasteiger partial charge in [0.15, 0.2) is 0 Å². The van der Waals surface area contributed by atoms with Gasteiger partial charge in [0.05, 0.1) is 12.7 Å². The van der Waals surface area contributed by atoms with Gasteiger partial charge in [-0.2, -0.15) is 0 Å². The van der Waals surface area contributed by atoms with Crippen molar-refractivity contribution in [1.29, 1.82) is 0 Å². The minimum Gasteiger partial charge on any atom is -0.394 e. The lowest BCUT2D eigenvalue weighted by Crippen LogP contribution is -2.43. The predicted octanol–water partition coefficient (Wildman–Crippen LogP) is -0.0122. The maximum absolute atomic E-state index is 12.2. The van der Waals surface area contributed by atoms with Gasteiger partial charge in [-0.25, -0.2) is 4.79 Å². The summed E-state index contributed by atoms with van der Waals surface area (Å²) in [7, 11) is 0. The highest BCUT2D eigenvalue weighted by Crippen LogP contribution is 2.33. The van der Waals surface area contributed by atoms with E-state index in [1.807, 2.05) is 24.3 Å². The summed E-state index contributed by atoms with van der Waals surface area (Å²) in [4.78, 5) is 25.7. The molecule has 1 fully saturated rings. The van der Waals surface area contributed by atoms with Gasteiger partial charge >= 0.3 is 5.69 Å². The van der Waals surface area contributed by atoms with Crippen LogP contribution in [-0.2, 0) is 10.5 Å². The second-order valence-corrected chi connectivity index (χ2v) is 6.88. The Morgan fingerprint density at radius 3 is 2.64 bits per heavy atom. The van der Waals surface area contributed by atoms with Gasteiger partial charge in [0.25, 0.3) is 5.56 Å². The number of hydrogen-bond acceptors (Lipinski definition) is 5. The number of aromatic nitrogens is 2. The molecule has 0 aliphatic carbocycles. The number of rotatable bonds is 2. The Balaban J connectivity index is 2.09. The van der Waals surface area contributed by atoms with E-state index in [0.717, 1.165) is 8.14 Å².